The third-order valence-corrected chi connectivity index (χ3v) is 3.80. The third-order valence-electron chi connectivity index (χ3n) is 2.17. The Morgan fingerprint density at radius 1 is 1.69 bits per heavy atom. The molecule has 6 heteroatoms. The highest BCUT2D eigenvalue weighted by molar-refractivity contribution is 14.1. The fraction of sp³-hybridized carbons (Fsp3) is 0.200. The van der Waals surface area contributed by atoms with Crippen molar-refractivity contribution in [2.45, 2.75) is 13.5 Å². The average Bonchev–Trinajstić information content (AvgIpc) is 2.75. The summed E-state index contributed by atoms with van der Waals surface area (Å²) in [5.74, 6) is -0.866. The first-order valence-electron chi connectivity index (χ1n) is 4.57. The molecule has 0 bridgehead atoms. The van der Waals surface area contributed by atoms with Crippen molar-refractivity contribution in [3.8, 4) is 0 Å². The monoisotopic (exact) mass is 348 g/mol. The van der Waals surface area contributed by atoms with E-state index in [2.05, 4.69) is 27.7 Å². The van der Waals surface area contributed by atoms with Gasteiger partial charge in [-0.05, 0) is 41.1 Å². The van der Waals surface area contributed by atoms with E-state index in [1.165, 1.54) is 11.3 Å². The lowest BCUT2D eigenvalue weighted by atomic mass is 10.2. The average molecular weight is 348 g/mol. The molecule has 2 rings (SSSR count). The highest BCUT2D eigenvalue weighted by Crippen LogP contribution is 2.22. The van der Waals surface area contributed by atoms with Gasteiger partial charge in [-0.3, -0.25) is 4.68 Å². The lowest BCUT2D eigenvalue weighted by molar-refractivity contribution is 0.0702. The zero-order valence-corrected chi connectivity index (χ0v) is 11.4. The molecule has 2 heterocycles. The minimum Gasteiger partial charge on any atom is -0.477 e. The molecule has 16 heavy (non-hydrogen) atoms. The minimum atomic E-state index is -0.866. The molecule has 2 aromatic rings. The van der Waals surface area contributed by atoms with Crippen molar-refractivity contribution in [1.82, 2.24) is 9.78 Å². The Hall–Kier alpha value is -0.890. The van der Waals surface area contributed by atoms with Crippen LogP contribution in [0.25, 0.3) is 0 Å². The van der Waals surface area contributed by atoms with Gasteiger partial charge in [-0.25, -0.2) is 4.79 Å². The van der Waals surface area contributed by atoms with E-state index in [1.807, 2.05) is 17.8 Å². The number of nitrogens with zero attached hydrogens (tertiary/aromatic N) is 2. The molecule has 0 saturated heterocycles. The Labute approximate surface area is 110 Å². The van der Waals surface area contributed by atoms with Gasteiger partial charge in [0.25, 0.3) is 0 Å². The van der Waals surface area contributed by atoms with Crippen LogP contribution in [0.4, 0.5) is 0 Å². The van der Waals surface area contributed by atoms with Crippen molar-refractivity contribution in [1.29, 1.82) is 0 Å². The first-order chi connectivity index (χ1) is 7.56. The molecular weight excluding hydrogens is 339 g/mol. The first kappa shape index (κ1) is 11.6. The zero-order valence-electron chi connectivity index (χ0n) is 8.48. The number of hydrogen-bond acceptors (Lipinski definition) is 3. The maximum atomic E-state index is 10.8. The largest absolute Gasteiger partial charge is 0.477 e. The van der Waals surface area contributed by atoms with Crippen LogP contribution in [0.3, 0.4) is 0 Å². The fourth-order valence-corrected chi connectivity index (χ4v) is 2.70. The lowest BCUT2D eigenvalue weighted by Gasteiger charge is -1.99. The summed E-state index contributed by atoms with van der Waals surface area (Å²) in [6, 6.07) is 1.72. The number of rotatable bonds is 3. The van der Waals surface area contributed by atoms with Crippen LogP contribution in [0.2, 0.25) is 0 Å². The van der Waals surface area contributed by atoms with E-state index in [9.17, 15) is 4.79 Å². The number of carboxylic acids is 1. The molecule has 84 valence electrons. The van der Waals surface area contributed by atoms with Crippen molar-refractivity contribution in [3.63, 3.8) is 0 Å². The number of thiophene rings is 1. The van der Waals surface area contributed by atoms with Crippen LogP contribution in [0.15, 0.2) is 18.5 Å². The van der Waals surface area contributed by atoms with Crippen LogP contribution in [0.5, 0.6) is 0 Å². The van der Waals surface area contributed by atoms with Crippen LogP contribution < -0.4 is 0 Å². The van der Waals surface area contributed by atoms with E-state index in [1.54, 1.807) is 12.3 Å². The first-order valence-corrected chi connectivity index (χ1v) is 6.46. The van der Waals surface area contributed by atoms with E-state index in [0.717, 1.165) is 14.0 Å². The SMILES string of the molecule is Cc1sc(C(=O)O)cc1Cn1cc(I)cn1. The standard InChI is InChI=1S/C10H9IN2O2S/c1-6-7(2-9(16-6)10(14)15)4-13-5-8(11)3-12-13/h2-3,5H,4H2,1H3,(H,14,15). The van der Waals surface area contributed by atoms with E-state index >= 15 is 0 Å². The van der Waals surface area contributed by atoms with Crippen molar-refractivity contribution in [3.05, 3.63) is 37.3 Å². The number of aryl methyl sites for hydroxylation is 1. The third kappa shape index (κ3) is 2.43. The summed E-state index contributed by atoms with van der Waals surface area (Å²) in [7, 11) is 0. The summed E-state index contributed by atoms with van der Waals surface area (Å²) in [5.41, 5.74) is 1.02. The second kappa shape index (κ2) is 4.54. The normalized spacial score (nSPS) is 10.6. The zero-order chi connectivity index (χ0) is 11.7. The van der Waals surface area contributed by atoms with Crippen LogP contribution in [0.1, 0.15) is 20.1 Å². The second-order valence-electron chi connectivity index (χ2n) is 3.35. The van der Waals surface area contributed by atoms with Gasteiger partial charge in [-0.2, -0.15) is 5.10 Å². The molecule has 1 N–H and O–H groups in total. The topological polar surface area (TPSA) is 55.1 Å². The minimum absolute atomic E-state index is 0.384. The van der Waals surface area contributed by atoms with Crippen LogP contribution in [-0.2, 0) is 6.54 Å². The Morgan fingerprint density at radius 2 is 2.44 bits per heavy atom. The summed E-state index contributed by atoms with van der Waals surface area (Å²) in [6.45, 7) is 2.56. The molecule has 0 radical (unpaired) electrons. The summed E-state index contributed by atoms with van der Waals surface area (Å²) < 4.78 is 2.88. The van der Waals surface area contributed by atoms with Gasteiger partial charge in [-0.15, -0.1) is 11.3 Å². The van der Waals surface area contributed by atoms with Crippen LogP contribution in [-0.4, -0.2) is 20.9 Å². The van der Waals surface area contributed by atoms with E-state index in [4.69, 9.17) is 5.11 Å². The smallest absolute Gasteiger partial charge is 0.345 e. The predicted molar refractivity (Wildman–Crippen MR) is 70.1 cm³/mol. The highest BCUT2D eigenvalue weighted by atomic mass is 127. The maximum Gasteiger partial charge on any atom is 0.345 e. The molecule has 0 atom stereocenters. The number of aromatic nitrogens is 2. The van der Waals surface area contributed by atoms with Crippen LogP contribution >= 0.6 is 33.9 Å². The molecule has 2 aromatic heterocycles. The Balaban J connectivity index is 2.24. The van der Waals surface area contributed by atoms with Gasteiger partial charge in [0.1, 0.15) is 4.88 Å². The van der Waals surface area contributed by atoms with Crippen LogP contribution in [0, 0.1) is 10.5 Å². The van der Waals surface area contributed by atoms with E-state index in [0.29, 0.717) is 11.4 Å². The van der Waals surface area contributed by atoms with E-state index in [-0.39, 0.29) is 0 Å². The predicted octanol–water partition coefficient (Wildman–Crippen LogP) is 2.60. The summed E-state index contributed by atoms with van der Waals surface area (Å²) >= 11 is 3.50. The number of hydrogen-bond donors (Lipinski definition) is 1. The Bertz CT molecular complexity index is 533. The van der Waals surface area contributed by atoms with Gasteiger partial charge in [0.15, 0.2) is 0 Å². The fourth-order valence-electron chi connectivity index (χ4n) is 1.38. The van der Waals surface area contributed by atoms with Gasteiger partial charge in [0, 0.05) is 11.1 Å². The van der Waals surface area contributed by atoms with Crippen molar-refractivity contribution >= 4 is 39.9 Å². The number of halogens is 1. The molecule has 0 aliphatic heterocycles. The van der Waals surface area contributed by atoms with Gasteiger partial charge < -0.3 is 5.11 Å². The quantitative estimate of drug-likeness (QED) is 0.868. The molecule has 0 aliphatic rings. The van der Waals surface area contributed by atoms with Crippen molar-refractivity contribution < 1.29 is 9.90 Å². The van der Waals surface area contributed by atoms with Gasteiger partial charge in [0.2, 0.25) is 0 Å². The molecule has 4 nitrogen and oxygen atoms in total. The summed E-state index contributed by atoms with van der Waals surface area (Å²) in [5, 5.41) is 13.1. The Kier molecular flexibility index (Phi) is 3.29. The molecule has 0 aromatic carbocycles. The molecule has 0 amide bonds. The number of carbonyl (C=O) groups is 1. The lowest BCUT2D eigenvalue weighted by Crippen LogP contribution is -2.00. The van der Waals surface area contributed by atoms with E-state index < -0.39 is 5.97 Å². The van der Waals surface area contributed by atoms with Gasteiger partial charge in [0.05, 0.1) is 16.3 Å². The van der Waals surface area contributed by atoms with Crippen molar-refractivity contribution in [2.24, 2.45) is 0 Å². The molecular formula is C10H9IN2O2S. The summed E-state index contributed by atoms with van der Waals surface area (Å²) in [4.78, 5) is 12.2. The van der Waals surface area contributed by atoms with Crippen molar-refractivity contribution in [2.75, 3.05) is 0 Å². The maximum absolute atomic E-state index is 10.8. The number of carboxylic acid groups (broad SMARTS) is 1. The summed E-state index contributed by atoms with van der Waals surface area (Å²) in [6.07, 6.45) is 3.71. The molecule has 0 saturated carbocycles. The molecule has 0 aliphatic carbocycles. The number of aromatic carboxylic acids is 1. The van der Waals surface area contributed by atoms with Gasteiger partial charge >= 0.3 is 5.97 Å². The molecule has 0 spiro atoms. The second-order valence-corrected chi connectivity index (χ2v) is 5.86. The Morgan fingerprint density at radius 3 is 2.94 bits per heavy atom. The highest BCUT2D eigenvalue weighted by Gasteiger charge is 2.11. The molecule has 0 fully saturated rings. The van der Waals surface area contributed by atoms with Gasteiger partial charge in [-0.1, -0.05) is 0 Å². The molecule has 0 unspecified atom stereocenters.